The summed E-state index contributed by atoms with van der Waals surface area (Å²) >= 11 is 1.92. The van der Waals surface area contributed by atoms with E-state index < -0.39 is 0 Å². The van der Waals surface area contributed by atoms with Crippen LogP contribution in [0.5, 0.6) is 0 Å². The molecule has 4 nitrogen and oxygen atoms in total. The molecule has 1 aliphatic rings. The quantitative estimate of drug-likeness (QED) is 0.687. The minimum atomic E-state index is 0.954. The molecule has 0 N–H and O–H groups in total. The van der Waals surface area contributed by atoms with E-state index >= 15 is 0 Å². The normalized spacial score (nSPS) is 16.2. The van der Waals surface area contributed by atoms with Crippen molar-refractivity contribution in [3.63, 3.8) is 0 Å². The first kappa shape index (κ1) is 17.5. The maximum absolute atomic E-state index is 4.63. The summed E-state index contributed by atoms with van der Waals surface area (Å²) in [6.07, 6.45) is 2.10. The lowest BCUT2D eigenvalue weighted by Crippen LogP contribution is -2.45. The van der Waals surface area contributed by atoms with Crippen molar-refractivity contribution in [2.75, 3.05) is 26.2 Å². The SMILES string of the molecule is Cc1cn(C)c(CN2CCN(Cc3ccc(-c4ccccc4)s3)CC2)n1. The van der Waals surface area contributed by atoms with E-state index in [4.69, 9.17) is 0 Å². The summed E-state index contributed by atoms with van der Waals surface area (Å²) in [4.78, 5) is 12.5. The van der Waals surface area contributed by atoms with Crippen LogP contribution in [0.1, 0.15) is 16.4 Å². The molecule has 0 amide bonds. The third-order valence-electron chi connectivity index (χ3n) is 5.02. The monoisotopic (exact) mass is 366 g/mol. The van der Waals surface area contributed by atoms with E-state index in [1.54, 1.807) is 0 Å². The van der Waals surface area contributed by atoms with E-state index in [1.165, 1.54) is 21.1 Å². The summed E-state index contributed by atoms with van der Waals surface area (Å²) in [7, 11) is 2.09. The van der Waals surface area contributed by atoms with Gasteiger partial charge >= 0.3 is 0 Å². The van der Waals surface area contributed by atoms with E-state index in [1.807, 2.05) is 11.3 Å². The first-order valence-corrected chi connectivity index (χ1v) is 10.1. The predicted molar refractivity (Wildman–Crippen MR) is 108 cm³/mol. The molecule has 1 aliphatic heterocycles. The van der Waals surface area contributed by atoms with Crippen LogP contribution in [0, 0.1) is 6.92 Å². The lowest BCUT2D eigenvalue weighted by Gasteiger charge is -2.34. The molecule has 5 heteroatoms. The van der Waals surface area contributed by atoms with Crippen molar-refractivity contribution in [1.82, 2.24) is 19.4 Å². The first-order valence-electron chi connectivity index (χ1n) is 9.25. The molecule has 2 aromatic heterocycles. The van der Waals surface area contributed by atoms with Crippen molar-refractivity contribution in [3.8, 4) is 10.4 Å². The van der Waals surface area contributed by atoms with E-state index in [9.17, 15) is 0 Å². The average molecular weight is 367 g/mol. The summed E-state index contributed by atoms with van der Waals surface area (Å²) in [5, 5.41) is 0. The third-order valence-corrected chi connectivity index (χ3v) is 6.14. The number of imidazole rings is 1. The summed E-state index contributed by atoms with van der Waals surface area (Å²) in [5.41, 5.74) is 2.42. The molecule has 1 saturated heterocycles. The van der Waals surface area contributed by atoms with E-state index in [0.29, 0.717) is 0 Å². The standard InChI is InChI=1S/C21H26N4S/c1-17-14-23(2)21(22-17)16-25-12-10-24(11-13-25)15-19-8-9-20(26-19)18-6-4-3-5-7-18/h3-9,14H,10-13,15-16H2,1-2H3. The fourth-order valence-corrected chi connectivity index (χ4v) is 4.62. The van der Waals surface area contributed by atoms with Gasteiger partial charge in [0.15, 0.2) is 0 Å². The topological polar surface area (TPSA) is 24.3 Å². The van der Waals surface area contributed by atoms with Gasteiger partial charge in [-0.1, -0.05) is 30.3 Å². The molecule has 1 aromatic carbocycles. The number of aromatic nitrogens is 2. The molecule has 136 valence electrons. The maximum atomic E-state index is 4.63. The number of nitrogens with zero attached hydrogens (tertiary/aromatic N) is 4. The Balaban J connectivity index is 1.30. The second-order valence-corrected chi connectivity index (χ2v) is 8.26. The Hall–Kier alpha value is -1.95. The van der Waals surface area contributed by atoms with Crippen LogP contribution in [0.25, 0.3) is 10.4 Å². The van der Waals surface area contributed by atoms with E-state index in [-0.39, 0.29) is 0 Å². The highest BCUT2D eigenvalue weighted by atomic mass is 32.1. The third kappa shape index (κ3) is 4.06. The highest BCUT2D eigenvalue weighted by Crippen LogP contribution is 2.28. The van der Waals surface area contributed by atoms with E-state index in [2.05, 4.69) is 82.0 Å². The van der Waals surface area contributed by atoms with Gasteiger partial charge in [0.25, 0.3) is 0 Å². The Morgan fingerprint density at radius 1 is 0.923 bits per heavy atom. The second kappa shape index (κ2) is 7.74. The molecule has 0 radical (unpaired) electrons. The van der Waals surface area contributed by atoms with Crippen LogP contribution in [-0.4, -0.2) is 45.5 Å². The number of hydrogen-bond donors (Lipinski definition) is 0. The van der Waals surface area contributed by atoms with Gasteiger partial charge in [-0.25, -0.2) is 4.98 Å². The largest absolute Gasteiger partial charge is 0.337 e. The molecular formula is C21H26N4S. The van der Waals surface area contributed by atoms with Crippen LogP contribution in [0.4, 0.5) is 0 Å². The summed E-state index contributed by atoms with van der Waals surface area (Å²) in [5.74, 6) is 1.17. The minimum Gasteiger partial charge on any atom is -0.337 e. The second-order valence-electron chi connectivity index (χ2n) is 7.09. The van der Waals surface area contributed by atoms with Crippen molar-refractivity contribution in [2.24, 2.45) is 7.05 Å². The van der Waals surface area contributed by atoms with Crippen LogP contribution >= 0.6 is 11.3 Å². The Kier molecular flexibility index (Phi) is 5.20. The zero-order chi connectivity index (χ0) is 17.9. The zero-order valence-electron chi connectivity index (χ0n) is 15.6. The molecule has 1 fully saturated rings. The fourth-order valence-electron chi connectivity index (χ4n) is 3.56. The van der Waals surface area contributed by atoms with Crippen molar-refractivity contribution in [3.05, 3.63) is 65.1 Å². The number of piperazine rings is 1. The van der Waals surface area contributed by atoms with Gasteiger partial charge in [-0.3, -0.25) is 9.80 Å². The van der Waals surface area contributed by atoms with Gasteiger partial charge in [-0.05, 0) is 24.6 Å². The van der Waals surface area contributed by atoms with Gasteiger partial charge in [-0.2, -0.15) is 0 Å². The Bertz CT molecular complexity index is 844. The molecular weight excluding hydrogens is 340 g/mol. The van der Waals surface area contributed by atoms with Gasteiger partial charge in [0.05, 0.1) is 12.2 Å². The molecule has 0 spiro atoms. The maximum Gasteiger partial charge on any atom is 0.122 e. The van der Waals surface area contributed by atoms with Crippen LogP contribution in [-0.2, 0) is 20.1 Å². The van der Waals surface area contributed by atoms with Crippen molar-refractivity contribution in [2.45, 2.75) is 20.0 Å². The van der Waals surface area contributed by atoms with E-state index in [0.717, 1.165) is 45.0 Å². The van der Waals surface area contributed by atoms with Crippen LogP contribution in [0.3, 0.4) is 0 Å². The molecule has 0 atom stereocenters. The molecule has 0 saturated carbocycles. The first-order chi connectivity index (χ1) is 12.7. The summed E-state index contributed by atoms with van der Waals surface area (Å²) in [6, 6.07) is 15.2. The van der Waals surface area contributed by atoms with Crippen LogP contribution < -0.4 is 0 Å². The molecule has 3 aromatic rings. The fraction of sp³-hybridized carbons (Fsp3) is 0.381. The smallest absolute Gasteiger partial charge is 0.122 e. The van der Waals surface area contributed by atoms with Gasteiger partial charge in [0.1, 0.15) is 5.82 Å². The highest BCUT2D eigenvalue weighted by molar-refractivity contribution is 7.15. The van der Waals surface area contributed by atoms with Gasteiger partial charge < -0.3 is 4.57 Å². The zero-order valence-corrected chi connectivity index (χ0v) is 16.4. The molecule has 3 heterocycles. The lowest BCUT2D eigenvalue weighted by atomic mass is 10.2. The number of aryl methyl sites for hydroxylation is 2. The average Bonchev–Trinajstić information content (AvgIpc) is 3.24. The molecule has 0 aliphatic carbocycles. The Morgan fingerprint density at radius 3 is 2.27 bits per heavy atom. The van der Waals surface area contributed by atoms with Gasteiger partial charge in [-0.15, -0.1) is 11.3 Å². The van der Waals surface area contributed by atoms with Crippen molar-refractivity contribution in [1.29, 1.82) is 0 Å². The van der Waals surface area contributed by atoms with Crippen LogP contribution in [0.15, 0.2) is 48.7 Å². The minimum absolute atomic E-state index is 0.954. The summed E-state index contributed by atoms with van der Waals surface area (Å²) < 4.78 is 2.15. The molecule has 0 bridgehead atoms. The van der Waals surface area contributed by atoms with Gasteiger partial charge in [0, 0.05) is 55.7 Å². The van der Waals surface area contributed by atoms with Crippen LogP contribution in [0.2, 0.25) is 0 Å². The molecule has 0 unspecified atom stereocenters. The molecule has 4 rings (SSSR count). The molecule has 26 heavy (non-hydrogen) atoms. The van der Waals surface area contributed by atoms with Crippen molar-refractivity contribution < 1.29 is 0 Å². The Morgan fingerprint density at radius 2 is 1.62 bits per heavy atom. The van der Waals surface area contributed by atoms with Gasteiger partial charge in [0.2, 0.25) is 0 Å². The van der Waals surface area contributed by atoms with Crippen molar-refractivity contribution >= 4 is 11.3 Å². The summed E-state index contributed by atoms with van der Waals surface area (Å²) in [6.45, 7) is 8.56. The number of rotatable bonds is 5. The number of thiophene rings is 1. The Labute approximate surface area is 159 Å². The predicted octanol–water partition coefficient (Wildman–Crippen LogP) is 3.77. The number of hydrogen-bond acceptors (Lipinski definition) is 4. The number of benzene rings is 1. The lowest BCUT2D eigenvalue weighted by molar-refractivity contribution is 0.120. The highest BCUT2D eigenvalue weighted by Gasteiger charge is 2.19.